The van der Waals surface area contributed by atoms with Crippen LogP contribution in [0.2, 0.25) is 0 Å². The van der Waals surface area contributed by atoms with Gasteiger partial charge in [-0.15, -0.1) is 0 Å². The summed E-state index contributed by atoms with van der Waals surface area (Å²) in [5, 5.41) is 0. The van der Waals surface area contributed by atoms with E-state index in [-0.39, 0.29) is 5.41 Å². The molecular weight excluding hydrogens is 206 g/mol. The van der Waals surface area contributed by atoms with E-state index in [0.717, 1.165) is 0 Å². The summed E-state index contributed by atoms with van der Waals surface area (Å²) >= 11 is 0. The van der Waals surface area contributed by atoms with Crippen LogP contribution >= 0.6 is 0 Å². The predicted molar refractivity (Wildman–Crippen MR) is 76.3 cm³/mol. The molecule has 0 aliphatic carbocycles. The number of hydrogen-bond donors (Lipinski definition) is 1. The number of benzene rings is 1. The van der Waals surface area contributed by atoms with E-state index in [0.29, 0.717) is 0 Å². The third-order valence-corrected chi connectivity index (χ3v) is 2.63. The number of hydrogen-bond acceptors (Lipinski definition) is 0. The van der Waals surface area contributed by atoms with Gasteiger partial charge in [-0.2, -0.15) is 0 Å². The van der Waals surface area contributed by atoms with Crippen molar-refractivity contribution in [2.45, 2.75) is 40.0 Å². The van der Waals surface area contributed by atoms with Gasteiger partial charge >= 0.3 is 0 Å². The molecule has 1 nitrogen and oxygen atoms in total. The van der Waals surface area contributed by atoms with E-state index in [1.807, 2.05) is 19.9 Å². The van der Waals surface area contributed by atoms with Crippen molar-refractivity contribution in [1.29, 1.82) is 0 Å². The molecule has 0 saturated heterocycles. The molecule has 0 unspecified atom stereocenters. The van der Waals surface area contributed by atoms with Crippen LogP contribution in [0.5, 0.6) is 0 Å². The van der Waals surface area contributed by atoms with Crippen molar-refractivity contribution in [2.75, 3.05) is 0 Å². The third-order valence-electron chi connectivity index (χ3n) is 2.63. The van der Waals surface area contributed by atoms with Gasteiger partial charge in [-0.05, 0) is 22.6 Å². The molecule has 0 fully saturated rings. The fraction of sp³-hybridized carbons (Fsp3) is 0.375. The van der Waals surface area contributed by atoms with Gasteiger partial charge < -0.3 is 4.98 Å². The van der Waals surface area contributed by atoms with Gasteiger partial charge in [-0.25, -0.2) is 0 Å². The van der Waals surface area contributed by atoms with Gasteiger partial charge in [-0.1, -0.05) is 65.0 Å². The van der Waals surface area contributed by atoms with Gasteiger partial charge in [0.25, 0.3) is 0 Å². The van der Waals surface area contributed by atoms with Crippen molar-refractivity contribution in [3.63, 3.8) is 0 Å². The Bertz CT molecular complexity index is 432. The van der Waals surface area contributed by atoms with Gasteiger partial charge in [0.1, 0.15) is 0 Å². The Balaban J connectivity index is 0.000000686. The van der Waals surface area contributed by atoms with E-state index in [1.54, 1.807) is 0 Å². The molecule has 1 heterocycles. The molecule has 92 valence electrons. The lowest BCUT2D eigenvalue weighted by atomic mass is 9.89. The maximum absolute atomic E-state index is 3.33. The maximum Gasteiger partial charge on any atom is 0.0456 e. The number of H-pyrrole nitrogens is 1. The molecule has 0 aliphatic heterocycles. The Morgan fingerprint density at radius 1 is 0.941 bits per heavy atom. The summed E-state index contributed by atoms with van der Waals surface area (Å²) in [6.07, 6.45) is 2.10. The average Bonchev–Trinajstić information content (AvgIpc) is 2.82. The van der Waals surface area contributed by atoms with E-state index in [4.69, 9.17) is 0 Å². The smallest absolute Gasteiger partial charge is 0.0456 e. The minimum Gasteiger partial charge on any atom is -0.361 e. The standard InChI is InChI=1S/C14H17N.C2H6/c1-14(2,3)12-9-13(15-10-12)11-7-5-4-6-8-11;1-2/h4-10,15H,1-3H3;1-2H3. The van der Waals surface area contributed by atoms with E-state index >= 15 is 0 Å². The van der Waals surface area contributed by atoms with Crippen LogP contribution in [0.1, 0.15) is 40.2 Å². The van der Waals surface area contributed by atoms with Crippen LogP contribution in [0.25, 0.3) is 11.3 Å². The summed E-state index contributed by atoms with van der Waals surface area (Å²) in [6, 6.07) is 12.6. The molecule has 0 atom stereocenters. The molecule has 0 bridgehead atoms. The molecule has 1 aromatic heterocycles. The largest absolute Gasteiger partial charge is 0.361 e. The van der Waals surface area contributed by atoms with E-state index in [2.05, 4.69) is 62.3 Å². The second kappa shape index (κ2) is 5.72. The van der Waals surface area contributed by atoms with Gasteiger partial charge in [0.2, 0.25) is 0 Å². The minimum absolute atomic E-state index is 0.212. The van der Waals surface area contributed by atoms with Crippen LogP contribution in [-0.2, 0) is 5.41 Å². The Morgan fingerprint density at radius 2 is 1.53 bits per heavy atom. The van der Waals surface area contributed by atoms with E-state index in [9.17, 15) is 0 Å². The van der Waals surface area contributed by atoms with Crippen LogP contribution in [0.4, 0.5) is 0 Å². The van der Waals surface area contributed by atoms with Crippen LogP contribution in [0.3, 0.4) is 0 Å². The minimum atomic E-state index is 0.212. The van der Waals surface area contributed by atoms with Crippen molar-refractivity contribution in [3.05, 3.63) is 48.2 Å². The highest BCUT2D eigenvalue weighted by Gasteiger charge is 2.15. The molecular formula is C16H23N. The topological polar surface area (TPSA) is 15.8 Å². The van der Waals surface area contributed by atoms with Gasteiger partial charge in [0, 0.05) is 11.9 Å². The molecule has 2 aromatic rings. The molecule has 17 heavy (non-hydrogen) atoms. The van der Waals surface area contributed by atoms with Gasteiger partial charge in [-0.3, -0.25) is 0 Å². The lowest BCUT2D eigenvalue weighted by molar-refractivity contribution is 0.591. The van der Waals surface area contributed by atoms with Crippen LogP contribution in [0, 0.1) is 0 Å². The fourth-order valence-electron chi connectivity index (χ4n) is 1.61. The quantitative estimate of drug-likeness (QED) is 0.708. The molecule has 1 N–H and O–H groups in total. The highest BCUT2D eigenvalue weighted by atomic mass is 14.7. The lowest BCUT2D eigenvalue weighted by Crippen LogP contribution is -2.09. The zero-order valence-corrected chi connectivity index (χ0v) is 11.5. The Morgan fingerprint density at radius 3 is 2.00 bits per heavy atom. The molecule has 0 aliphatic rings. The number of aromatic nitrogens is 1. The summed E-state index contributed by atoms with van der Waals surface area (Å²) in [6.45, 7) is 10.7. The highest BCUT2D eigenvalue weighted by Crippen LogP contribution is 2.26. The number of nitrogens with one attached hydrogen (secondary N) is 1. The van der Waals surface area contributed by atoms with Crippen LogP contribution in [-0.4, -0.2) is 4.98 Å². The summed E-state index contributed by atoms with van der Waals surface area (Å²) in [7, 11) is 0. The second-order valence-corrected chi connectivity index (χ2v) is 4.92. The lowest BCUT2D eigenvalue weighted by Gasteiger charge is -2.15. The summed E-state index contributed by atoms with van der Waals surface area (Å²) < 4.78 is 0. The molecule has 1 aromatic carbocycles. The monoisotopic (exact) mass is 229 g/mol. The average molecular weight is 229 g/mol. The normalized spacial score (nSPS) is 10.6. The van der Waals surface area contributed by atoms with Crippen LogP contribution in [0.15, 0.2) is 42.6 Å². The zero-order chi connectivity index (χ0) is 12.9. The van der Waals surface area contributed by atoms with Crippen molar-refractivity contribution in [1.82, 2.24) is 4.98 Å². The molecule has 2 rings (SSSR count). The first-order valence-electron chi connectivity index (χ1n) is 6.32. The third kappa shape index (κ3) is 3.48. The number of aromatic amines is 1. The maximum atomic E-state index is 3.33. The number of rotatable bonds is 1. The molecule has 0 amide bonds. The first-order valence-corrected chi connectivity index (χ1v) is 6.32. The second-order valence-electron chi connectivity index (χ2n) is 4.92. The Kier molecular flexibility index (Phi) is 4.56. The molecule has 0 saturated carbocycles. The fourth-order valence-corrected chi connectivity index (χ4v) is 1.61. The Hall–Kier alpha value is -1.50. The predicted octanol–water partition coefficient (Wildman–Crippen LogP) is 5.01. The summed E-state index contributed by atoms with van der Waals surface area (Å²) in [4.78, 5) is 3.33. The summed E-state index contributed by atoms with van der Waals surface area (Å²) in [5.74, 6) is 0. The zero-order valence-electron chi connectivity index (χ0n) is 11.5. The first-order chi connectivity index (χ1) is 8.07. The molecule has 0 radical (unpaired) electrons. The SMILES string of the molecule is CC.CC(C)(C)c1c[nH]c(-c2ccccc2)c1. The molecule has 1 heteroatoms. The first kappa shape index (κ1) is 13.6. The van der Waals surface area contributed by atoms with Crippen molar-refractivity contribution in [3.8, 4) is 11.3 Å². The van der Waals surface area contributed by atoms with Crippen molar-refractivity contribution < 1.29 is 0 Å². The Labute approximate surface area is 105 Å². The van der Waals surface area contributed by atoms with E-state index in [1.165, 1.54) is 16.8 Å². The van der Waals surface area contributed by atoms with Crippen molar-refractivity contribution in [2.24, 2.45) is 0 Å². The van der Waals surface area contributed by atoms with Crippen LogP contribution < -0.4 is 0 Å². The highest BCUT2D eigenvalue weighted by molar-refractivity contribution is 5.60. The summed E-state index contributed by atoms with van der Waals surface area (Å²) in [5.41, 5.74) is 4.00. The van der Waals surface area contributed by atoms with Gasteiger partial charge in [0.15, 0.2) is 0 Å². The van der Waals surface area contributed by atoms with Crippen molar-refractivity contribution >= 4 is 0 Å². The molecule has 0 spiro atoms. The van der Waals surface area contributed by atoms with E-state index < -0.39 is 0 Å². The van der Waals surface area contributed by atoms with Gasteiger partial charge in [0.05, 0.1) is 0 Å².